The fourth-order valence-corrected chi connectivity index (χ4v) is 3.61. The number of amides is 2. The van der Waals surface area contributed by atoms with E-state index in [1.165, 1.54) is 16.7 Å². The zero-order chi connectivity index (χ0) is 19.6. The van der Waals surface area contributed by atoms with Gasteiger partial charge in [0.05, 0.1) is 25.4 Å². The molecule has 2 aromatic heterocycles. The second kappa shape index (κ2) is 11.0. The van der Waals surface area contributed by atoms with Crippen molar-refractivity contribution < 1.29 is 9.59 Å². The molecule has 2 heterocycles. The summed E-state index contributed by atoms with van der Waals surface area (Å²) in [4.78, 5) is 29.2. The number of hydrogen-bond donors (Lipinski definition) is 1. The van der Waals surface area contributed by atoms with Crippen LogP contribution in [0.3, 0.4) is 0 Å². The summed E-state index contributed by atoms with van der Waals surface area (Å²) in [6.07, 6.45) is 0. The normalized spacial score (nSPS) is 11.0. The second-order valence-electron chi connectivity index (χ2n) is 6.04. The highest BCUT2D eigenvalue weighted by Crippen LogP contribution is 2.14. The molecule has 0 bridgehead atoms. The second-order valence-corrected chi connectivity index (χ2v) is 8.02. The number of carbonyl (C=O) groups excluding carboxylic acids is 2. The van der Waals surface area contributed by atoms with Crippen LogP contribution >= 0.6 is 23.1 Å². The molecule has 1 N–H and O–H groups in total. The van der Waals surface area contributed by atoms with Gasteiger partial charge in [-0.1, -0.05) is 17.8 Å². The SMILES string of the molecule is CCN(CC(=O)NCc1cccs1)C(=O)CSc1nnnn1CCN(C)C. The van der Waals surface area contributed by atoms with Gasteiger partial charge in [0.1, 0.15) is 0 Å². The molecule has 148 valence electrons. The molecule has 0 aliphatic heterocycles. The minimum absolute atomic E-state index is 0.0485. The third-order valence-corrected chi connectivity index (χ3v) is 5.51. The first kappa shape index (κ1) is 21.3. The molecule has 2 aromatic rings. The molecule has 0 aliphatic rings. The van der Waals surface area contributed by atoms with Crippen LogP contribution in [-0.2, 0) is 22.7 Å². The van der Waals surface area contributed by atoms with Crippen molar-refractivity contribution in [2.45, 2.75) is 25.2 Å². The van der Waals surface area contributed by atoms with E-state index in [1.54, 1.807) is 16.0 Å². The van der Waals surface area contributed by atoms with E-state index in [0.717, 1.165) is 11.4 Å². The van der Waals surface area contributed by atoms with Crippen molar-refractivity contribution in [3.05, 3.63) is 22.4 Å². The molecule has 0 spiro atoms. The zero-order valence-corrected chi connectivity index (χ0v) is 17.4. The van der Waals surface area contributed by atoms with Crippen LogP contribution in [0.15, 0.2) is 22.7 Å². The first-order valence-electron chi connectivity index (χ1n) is 8.60. The minimum atomic E-state index is -0.167. The van der Waals surface area contributed by atoms with Crippen LogP contribution in [0, 0.1) is 0 Å². The molecule has 0 saturated carbocycles. The van der Waals surface area contributed by atoms with E-state index in [-0.39, 0.29) is 24.1 Å². The number of thioether (sulfide) groups is 1. The Balaban J connectivity index is 1.79. The molecule has 0 fully saturated rings. The highest BCUT2D eigenvalue weighted by Gasteiger charge is 2.17. The van der Waals surface area contributed by atoms with Gasteiger partial charge in [-0.15, -0.1) is 16.4 Å². The molecule has 0 aromatic carbocycles. The number of tetrazole rings is 1. The van der Waals surface area contributed by atoms with Gasteiger partial charge in [-0.2, -0.15) is 0 Å². The quantitative estimate of drug-likeness (QED) is 0.540. The number of rotatable bonds is 11. The molecule has 27 heavy (non-hydrogen) atoms. The van der Waals surface area contributed by atoms with Crippen molar-refractivity contribution in [3.8, 4) is 0 Å². The highest BCUT2D eigenvalue weighted by molar-refractivity contribution is 7.99. The van der Waals surface area contributed by atoms with E-state index >= 15 is 0 Å². The lowest BCUT2D eigenvalue weighted by atomic mass is 10.4. The van der Waals surface area contributed by atoms with Gasteiger partial charge in [-0.05, 0) is 42.9 Å². The van der Waals surface area contributed by atoms with E-state index in [0.29, 0.717) is 24.8 Å². The maximum atomic E-state index is 12.5. The number of thiophene rings is 1. The Kier molecular flexibility index (Phi) is 8.69. The standard InChI is InChI=1S/C16H25N7O2S2/c1-4-22(11-14(24)17-10-13-6-5-9-26-13)15(25)12-27-16-18-19-20-23(16)8-7-21(2)3/h5-6,9H,4,7-8,10-12H2,1-3H3,(H,17,24). The predicted octanol–water partition coefficient (Wildman–Crippen LogP) is 0.553. The molecule has 0 radical (unpaired) electrons. The van der Waals surface area contributed by atoms with Gasteiger partial charge < -0.3 is 15.1 Å². The first-order valence-corrected chi connectivity index (χ1v) is 10.5. The summed E-state index contributed by atoms with van der Waals surface area (Å²) in [5.74, 6) is -0.0932. The maximum Gasteiger partial charge on any atom is 0.239 e. The van der Waals surface area contributed by atoms with Gasteiger partial charge in [0.25, 0.3) is 0 Å². The summed E-state index contributed by atoms with van der Waals surface area (Å²) in [5.41, 5.74) is 0. The molecule has 9 nitrogen and oxygen atoms in total. The van der Waals surface area contributed by atoms with Gasteiger partial charge in [-0.25, -0.2) is 4.68 Å². The van der Waals surface area contributed by atoms with Gasteiger partial charge in [-0.3, -0.25) is 9.59 Å². The van der Waals surface area contributed by atoms with Crippen molar-refractivity contribution in [1.82, 2.24) is 35.3 Å². The van der Waals surface area contributed by atoms with Crippen LogP contribution in [0.1, 0.15) is 11.8 Å². The lowest BCUT2D eigenvalue weighted by molar-refractivity contribution is -0.133. The lowest BCUT2D eigenvalue weighted by Crippen LogP contribution is -2.41. The van der Waals surface area contributed by atoms with Gasteiger partial charge in [0, 0.05) is 18.0 Å². The van der Waals surface area contributed by atoms with Crippen LogP contribution in [0.25, 0.3) is 0 Å². The molecule has 0 unspecified atom stereocenters. The molecular formula is C16H25N7O2S2. The largest absolute Gasteiger partial charge is 0.350 e. The Hall–Kier alpha value is -1.98. The predicted molar refractivity (Wildman–Crippen MR) is 106 cm³/mol. The molecule has 2 amide bonds. The van der Waals surface area contributed by atoms with Crippen LogP contribution in [0.5, 0.6) is 0 Å². The van der Waals surface area contributed by atoms with Crippen molar-refractivity contribution in [3.63, 3.8) is 0 Å². The fourth-order valence-electron chi connectivity index (χ4n) is 2.16. The third-order valence-electron chi connectivity index (χ3n) is 3.69. The van der Waals surface area contributed by atoms with Crippen molar-refractivity contribution in [2.24, 2.45) is 0 Å². The molecule has 11 heteroatoms. The Morgan fingerprint density at radius 1 is 1.37 bits per heavy atom. The number of nitrogens with one attached hydrogen (secondary N) is 1. The molecule has 0 saturated heterocycles. The summed E-state index contributed by atoms with van der Waals surface area (Å²) in [6.45, 7) is 4.31. The van der Waals surface area contributed by atoms with Gasteiger partial charge >= 0.3 is 0 Å². The fraction of sp³-hybridized carbons (Fsp3) is 0.562. The van der Waals surface area contributed by atoms with Gasteiger partial charge in [0.15, 0.2) is 0 Å². The number of hydrogen-bond acceptors (Lipinski definition) is 8. The number of nitrogens with zero attached hydrogens (tertiary/aromatic N) is 6. The molecular weight excluding hydrogens is 386 g/mol. The highest BCUT2D eigenvalue weighted by atomic mass is 32.2. The Labute approximate surface area is 167 Å². The first-order chi connectivity index (χ1) is 13.0. The summed E-state index contributed by atoms with van der Waals surface area (Å²) in [7, 11) is 3.95. The smallest absolute Gasteiger partial charge is 0.239 e. The van der Waals surface area contributed by atoms with Crippen molar-refractivity contribution >= 4 is 34.9 Å². The van der Waals surface area contributed by atoms with E-state index in [4.69, 9.17) is 0 Å². The van der Waals surface area contributed by atoms with E-state index in [2.05, 4.69) is 20.8 Å². The van der Waals surface area contributed by atoms with E-state index in [1.807, 2.05) is 43.4 Å². The summed E-state index contributed by atoms with van der Waals surface area (Å²) in [6, 6.07) is 3.90. The van der Waals surface area contributed by atoms with Crippen molar-refractivity contribution in [1.29, 1.82) is 0 Å². The number of likely N-dealkylation sites (N-methyl/N-ethyl adjacent to an activating group) is 2. The number of carbonyl (C=O) groups is 2. The van der Waals surface area contributed by atoms with E-state index < -0.39 is 0 Å². The summed E-state index contributed by atoms with van der Waals surface area (Å²) < 4.78 is 1.68. The van der Waals surface area contributed by atoms with Crippen LogP contribution in [0.4, 0.5) is 0 Å². The Morgan fingerprint density at radius 2 is 2.19 bits per heavy atom. The summed E-state index contributed by atoms with van der Waals surface area (Å²) in [5, 5.41) is 17.0. The topological polar surface area (TPSA) is 96.2 Å². The minimum Gasteiger partial charge on any atom is -0.350 e. The third kappa shape index (κ3) is 7.27. The van der Waals surface area contributed by atoms with Crippen LogP contribution in [-0.4, -0.2) is 81.3 Å². The summed E-state index contributed by atoms with van der Waals surface area (Å²) >= 11 is 2.87. The average molecular weight is 412 g/mol. The van der Waals surface area contributed by atoms with Crippen LogP contribution in [0.2, 0.25) is 0 Å². The lowest BCUT2D eigenvalue weighted by Gasteiger charge is -2.20. The Morgan fingerprint density at radius 3 is 2.85 bits per heavy atom. The monoisotopic (exact) mass is 411 g/mol. The molecule has 0 aliphatic carbocycles. The van der Waals surface area contributed by atoms with Crippen molar-refractivity contribution in [2.75, 3.05) is 39.5 Å². The van der Waals surface area contributed by atoms with E-state index in [9.17, 15) is 9.59 Å². The molecule has 2 rings (SSSR count). The number of aromatic nitrogens is 4. The van der Waals surface area contributed by atoms with Crippen LogP contribution < -0.4 is 5.32 Å². The Bertz CT molecular complexity index is 718. The molecule has 0 atom stereocenters. The zero-order valence-electron chi connectivity index (χ0n) is 15.8. The van der Waals surface area contributed by atoms with Gasteiger partial charge in [0.2, 0.25) is 17.0 Å². The maximum absolute atomic E-state index is 12.5. The average Bonchev–Trinajstić information content (AvgIpc) is 3.32.